The van der Waals surface area contributed by atoms with Gasteiger partial charge in [0, 0.05) is 12.3 Å². The number of hydrogen-bond acceptors (Lipinski definition) is 5. The molecule has 25 heavy (non-hydrogen) atoms. The number of nitrogens with zero attached hydrogens (tertiary/aromatic N) is 1. The number of amides is 1. The zero-order chi connectivity index (χ0) is 17.8. The van der Waals surface area contributed by atoms with Crippen LogP contribution in [0.15, 0.2) is 24.4 Å². The topological polar surface area (TPSA) is 101 Å². The summed E-state index contributed by atoms with van der Waals surface area (Å²) >= 11 is 5.88. The first-order chi connectivity index (χ1) is 12.0. The number of anilines is 1. The number of pyridine rings is 1. The van der Waals surface area contributed by atoms with E-state index in [0.717, 1.165) is 24.2 Å². The number of halogens is 1. The third-order valence-electron chi connectivity index (χ3n) is 4.74. The molecule has 2 aliphatic rings. The number of primary amides is 1. The number of carbonyl (C=O) groups is 1. The molecule has 0 saturated heterocycles. The summed E-state index contributed by atoms with van der Waals surface area (Å²) in [5, 5.41) is 10.8. The number of nitrogens with one attached hydrogen (secondary N) is 2. The van der Waals surface area contributed by atoms with Crippen LogP contribution in [-0.4, -0.2) is 23.4 Å². The molecule has 0 aromatic carbocycles. The van der Waals surface area contributed by atoms with Crippen molar-refractivity contribution in [1.82, 2.24) is 4.98 Å². The molecule has 134 valence electrons. The smallest absolute Gasteiger partial charge is 0.251 e. The van der Waals surface area contributed by atoms with Crippen molar-refractivity contribution in [3.63, 3.8) is 0 Å². The molecule has 2 fully saturated rings. The molecule has 2 saturated carbocycles. The maximum Gasteiger partial charge on any atom is 0.251 e. The first-order valence-electron chi connectivity index (χ1n) is 8.65. The summed E-state index contributed by atoms with van der Waals surface area (Å²) in [6, 6.07) is 3.10. The summed E-state index contributed by atoms with van der Waals surface area (Å²) in [6.07, 6.45) is 9.61. The van der Waals surface area contributed by atoms with E-state index >= 15 is 0 Å². The van der Waals surface area contributed by atoms with E-state index in [0.29, 0.717) is 12.4 Å². The van der Waals surface area contributed by atoms with Gasteiger partial charge in [0.1, 0.15) is 11.0 Å². The van der Waals surface area contributed by atoms with Gasteiger partial charge in [0.15, 0.2) is 0 Å². The van der Waals surface area contributed by atoms with Crippen molar-refractivity contribution in [1.29, 1.82) is 5.41 Å². The van der Waals surface area contributed by atoms with Gasteiger partial charge in [-0.25, -0.2) is 4.98 Å². The molecular weight excluding hydrogens is 340 g/mol. The van der Waals surface area contributed by atoms with Crippen LogP contribution in [0.25, 0.3) is 0 Å². The normalized spacial score (nSPS) is 17.0. The summed E-state index contributed by atoms with van der Waals surface area (Å²) < 4.78 is 5.49. The second kappa shape index (κ2) is 7.87. The number of nitrogens with two attached hydrogens (primary N) is 1. The van der Waals surface area contributed by atoms with Crippen LogP contribution in [0.2, 0.25) is 5.15 Å². The van der Waals surface area contributed by atoms with Gasteiger partial charge in [0.05, 0.1) is 12.2 Å². The third kappa shape index (κ3) is 5.19. The zero-order valence-electron chi connectivity index (χ0n) is 14.0. The van der Waals surface area contributed by atoms with E-state index in [4.69, 9.17) is 27.5 Å². The molecule has 4 N–H and O–H groups in total. The second-order valence-electron chi connectivity index (χ2n) is 6.72. The maximum absolute atomic E-state index is 11.1. The monoisotopic (exact) mass is 362 g/mol. The molecule has 1 amide bonds. The predicted octanol–water partition coefficient (Wildman–Crippen LogP) is 3.58. The van der Waals surface area contributed by atoms with Crippen molar-refractivity contribution in [2.24, 2.45) is 23.5 Å². The van der Waals surface area contributed by atoms with Crippen LogP contribution >= 0.6 is 11.6 Å². The molecule has 6 nitrogen and oxygen atoms in total. The Labute approximate surface area is 152 Å². The maximum atomic E-state index is 11.1. The van der Waals surface area contributed by atoms with E-state index in [-0.39, 0.29) is 16.6 Å². The first-order valence-corrected chi connectivity index (χ1v) is 9.03. The summed E-state index contributed by atoms with van der Waals surface area (Å²) in [4.78, 5) is 15.1. The lowest BCUT2D eigenvalue weighted by Crippen LogP contribution is -2.12. The van der Waals surface area contributed by atoms with Crippen molar-refractivity contribution in [2.75, 3.05) is 11.9 Å². The standard InChI is InChI=1S/C18H23ClN4O2/c19-17-14(18(21)24)5-6-16(23-17)22-9-7-15(20)25-10-8-13(11-1-2-11)12-3-4-12/h5-7,9,11-13,20H,1-4,8,10H2,(H2,21,24)(H,22,23)/b9-7-,20-15?. The van der Waals surface area contributed by atoms with Gasteiger partial charge in [-0.1, -0.05) is 11.6 Å². The fourth-order valence-corrected chi connectivity index (χ4v) is 3.41. The minimum Gasteiger partial charge on any atom is -0.478 e. The average Bonchev–Trinajstić information content (AvgIpc) is 3.45. The lowest BCUT2D eigenvalue weighted by atomic mass is 9.95. The van der Waals surface area contributed by atoms with Crippen molar-refractivity contribution in [2.45, 2.75) is 32.1 Å². The van der Waals surface area contributed by atoms with Gasteiger partial charge in [-0.2, -0.15) is 0 Å². The quantitative estimate of drug-likeness (QED) is 0.355. The molecule has 0 aliphatic heterocycles. The largest absolute Gasteiger partial charge is 0.478 e. The van der Waals surface area contributed by atoms with E-state index in [1.807, 2.05) is 0 Å². The molecular formula is C18H23ClN4O2. The van der Waals surface area contributed by atoms with Gasteiger partial charge in [0.2, 0.25) is 5.90 Å². The van der Waals surface area contributed by atoms with Gasteiger partial charge in [-0.15, -0.1) is 0 Å². The zero-order valence-corrected chi connectivity index (χ0v) is 14.8. The fraction of sp³-hybridized carbons (Fsp3) is 0.500. The van der Waals surface area contributed by atoms with E-state index < -0.39 is 5.91 Å². The summed E-state index contributed by atoms with van der Waals surface area (Å²) in [6.45, 7) is 0.595. The van der Waals surface area contributed by atoms with E-state index in [2.05, 4.69) is 10.3 Å². The number of aromatic nitrogens is 1. The Hall–Kier alpha value is -2.08. The lowest BCUT2D eigenvalue weighted by molar-refractivity contribution is 0.1000. The Balaban J connectivity index is 1.40. The van der Waals surface area contributed by atoms with Crippen LogP contribution in [0.1, 0.15) is 42.5 Å². The van der Waals surface area contributed by atoms with Gasteiger partial charge in [-0.05, 0) is 62.0 Å². The molecule has 0 unspecified atom stereocenters. The molecule has 0 atom stereocenters. The summed E-state index contributed by atoms with van der Waals surface area (Å²) in [7, 11) is 0. The molecule has 7 heteroatoms. The Bertz CT molecular complexity index is 672. The molecule has 3 rings (SSSR count). The van der Waals surface area contributed by atoms with Gasteiger partial charge >= 0.3 is 0 Å². The van der Waals surface area contributed by atoms with Gasteiger partial charge < -0.3 is 15.8 Å². The number of carbonyl (C=O) groups excluding carboxylic acids is 1. The van der Waals surface area contributed by atoms with Crippen molar-refractivity contribution in [3.05, 3.63) is 35.1 Å². The molecule has 2 aliphatic carbocycles. The highest BCUT2D eigenvalue weighted by Gasteiger charge is 2.40. The molecule has 0 bridgehead atoms. The SMILES string of the molecule is N=C(/C=C\Nc1ccc(C(N)=O)c(Cl)n1)OCCC(C1CC1)C1CC1. The number of hydrogen-bond donors (Lipinski definition) is 3. The minimum atomic E-state index is -0.620. The van der Waals surface area contributed by atoms with E-state index in [1.165, 1.54) is 37.8 Å². The Morgan fingerprint density at radius 1 is 1.40 bits per heavy atom. The van der Waals surface area contributed by atoms with Crippen molar-refractivity contribution >= 4 is 29.2 Å². The van der Waals surface area contributed by atoms with Crippen LogP contribution in [0.5, 0.6) is 0 Å². The van der Waals surface area contributed by atoms with Crippen LogP contribution in [0.3, 0.4) is 0 Å². The molecule has 0 radical (unpaired) electrons. The van der Waals surface area contributed by atoms with E-state index in [9.17, 15) is 4.79 Å². The highest BCUT2D eigenvalue weighted by Crippen LogP contribution is 2.50. The average molecular weight is 363 g/mol. The molecule has 1 aromatic rings. The first kappa shape index (κ1) is 17.7. The van der Waals surface area contributed by atoms with Gasteiger partial charge in [-0.3, -0.25) is 10.2 Å². The minimum absolute atomic E-state index is 0.0448. The Morgan fingerprint density at radius 2 is 2.08 bits per heavy atom. The van der Waals surface area contributed by atoms with Crippen LogP contribution < -0.4 is 11.1 Å². The molecule has 1 heterocycles. The Kier molecular flexibility index (Phi) is 5.58. The second-order valence-corrected chi connectivity index (χ2v) is 7.07. The van der Waals surface area contributed by atoms with Gasteiger partial charge in [0.25, 0.3) is 5.91 Å². The van der Waals surface area contributed by atoms with Crippen molar-refractivity contribution < 1.29 is 9.53 Å². The molecule has 0 spiro atoms. The van der Waals surface area contributed by atoms with Crippen molar-refractivity contribution in [3.8, 4) is 0 Å². The van der Waals surface area contributed by atoms with Crippen LogP contribution in [0, 0.1) is 23.2 Å². The fourth-order valence-electron chi connectivity index (χ4n) is 3.16. The predicted molar refractivity (Wildman–Crippen MR) is 97.8 cm³/mol. The highest BCUT2D eigenvalue weighted by molar-refractivity contribution is 6.32. The lowest BCUT2D eigenvalue weighted by Gasteiger charge is -2.15. The molecule has 1 aromatic heterocycles. The summed E-state index contributed by atoms with van der Waals surface area (Å²) in [5.74, 6) is 2.55. The third-order valence-corrected chi connectivity index (χ3v) is 5.03. The van der Waals surface area contributed by atoms with E-state index in [1.54, 1.807) is 12.3 Å². The van der Waals surface area contributed by atoms with Crippen LogP contribution in [-0.2, 0) is 4.74 Å². The number of rotatable bonds is 9. The van der Waals surface area contributed by atoms with Crippen LogP contribution in [0.4, 0.5) is 5.82 Å². The Morgan fingerprint density at radius 3 is 2.64 bits per heavy atom. The number of ether oxygens (including phenoxy) is 1. The summed E-state index contributed by atoms with van der Waals surface area (Å²) in [5.41, 5.74) is 5.35. The highest BCUT2D eigenvalue weighted by atomic mass is 35.5.